The summed E-state index contributed by atoms with van der Waals surface area (Å²) >= 11 is 5.43. The summed E-state index contributed by atoms with van der Waals surface area (Å²) in [5.41, 5.74) is 4.92. The Hall–Kier alpha value is -2.63. The number of rotatable bonds is 6. The Bertz CT molecular complexity index is 1130. The number of halogens is 2. The van der Waals surface area contributed by atoms with E-state index in [4.69, 9.17) is 11.8 Å². The van der Waals surface area contributed by atoms with Crippen LogP contribution in [-0.2, 0) is 12.0 Å². The van der Waals surface area contributed by atoms with E-state index in [2.05, 4.69) is 37.7 Å². The van der Waals surface area contributed by atoms with E-state index in [9.17, 15) is 14.3 Å². The first-order valence-corrected chi connectivity index (χ1v) is 10.2. The average Bonchev–Trinajstić information content (AvgIpc) is 2.96. The van der Waals surface area contributed by atoms with Crippen molar-refractivity contribution in [2.45, 2.75) is 39.7 Å². The summed E-state index contributed by atoms with van der Waals surface area (Å²) < 4.78 is 16.3. The first-order valence-electron chi connectivity index (χ1n) is 9.78. The largest absolute Gasteiger partial charge is 0.478 e. The van der Waals surface area contributed by atoms with Crippen molar-refractivity contribution < 1.29 is 14.3 Å². The fourth-order valence-corrected chi connectivity index (χ4v) is 3.77. The Balaban J connectivity index is 2.26. The third kappa shape index (κ3) is 4.42. The molecule has 0 amide bonds. The van der Waals surface area contributed by atoms with Gasteiger partial charge in [-0.25, -0.2) is 14.0 Å². The lowest BCUT2D eigenvalue weighted by Crippen LogP contribution is -2.10. The van der Waals surface area contributed by atoms with Crippen LogP contribution in [0.15, 0.2) is 54.4 Å². The van der Waals surface area contributed by atoms with E-state index in [1.54, 1.807) is 18.2 Å². The summed E-state index contributed by atoms with van der Waals surface area (Å²) in [5, 5.41) is 10.3. The number of benzene rings is 2. The summed E-state index contributed by atoms with van der Waals surface area (Å²) in [6.45, 7) is 8.65. The molecule has 158 valence electrons. The minimum absolute atomic E-state index is 0.0298. The van der Waals surface area contributed by atoms with Crippen LogP contribution in [0.2, 0.25) is 0 Å². The molecule has 3 rings (SSSR count). The molecule has 0 spiro atoms. The normalized spacial score (nSPS) is 12.5. The number of hydrogen-bond acceptors (Lipinski definition) is 2. The minimum Gasteiger partial charge on any atom is -0.478 e. The summed E-state index contributed by atoms with van der Waals surface area (Å²) in [6, 6.07) is 13.2. The smallest absolute Gasteiger partial charge is 0.335 e. The van der Waals surface area contributed by atoms with Gasteiger partial charge in [-0.2, -0.15) is 0 Å². The molecule has 0 saturated heterocycles. The first-order chi connectivity index (χ1) is 14.1. The van der Waals surface area contributed by atoms with Gasteiger partial charge in [0.2, 0.25) is 0 Å². The Labute approximate surface area is 181 Å². The minimum atomic E-state index is -0.990. The van der Waals surface area contributed by atoms with Crippen molar-refractivity contribution in [1.29, 1.82) is 0 Å². The number of aromatic carboxylic acids is 1. The van der Waals surface area contributed by atoms with Crippen molar-refractivity contribution in [3.63, 3.8) is 0 Å². The fourth-order valence-electron chi connectivity index (χ4n) is 3.69. The quantitative estimate of drug-likeness (QED) is 0.459. The molecule has 0 atom stereocenters. The molecule has 0 saturated carbocycles. The molecule has 0 radical (unpaired) electrons. The van der Waals surface area contributed by atoms with Crippen LogP contribution in [0.1, 0.15) is 42.4 Å². The number of carboxylic acid groups (broad SMARTS) is 1. The van der Waals surface area contributed by atoms with Crippen LogP contribution in [0.3, 0.4) is 0 Å². The Morgan fingerprint density at radius 2 is 1.97 bits per heavy atom. The van der Waals surface area contributed by atoms with Crippen LogP contribution in [0, 0.1) is 6.92 Å². The zero-order chi connectivity index (χ0) is 22.1. The molecule has 2 aromatic carbocycles. The van der Waals surface area contributed by atoms with Gasteiger partial charge in [0.15, 0.2) is 0 Å². The maximum Gasteiger partial charge on any atom is 0.335 e. The molecule has 3 aromatic rings. The van der Waals surface area contributed by atoms with E-state index in [0.717, 1.165) is 27.7 Å². The molecule has 0 fully saturated rings. The molecule has 0 unspecified atom stereocenters. The van der Waals surface area contributed by atoms with Crippen molar-refractivity contribution >= 4 is 28.6 Å². The zero-order valence-corrected chi connectivity index (χ0v) is 18.3. The number of nitrogens with zero attached hydrogens (tertiary/aromatic N) is 1. The van der Waals surface area contributed by atoms with E-state index in [-0.39, 0.29) is 29.9 Å². The number of allylic oxidation sites excluding steroid dienone is 1. The molecule has 0 aliphatic carbocycles. The molecule has 0 aliphatic rings. The van der Waals surface area contributed by atoms with Crippen molar-refractivity contribution in [1.82, 2.24) is 9.40 Å². The highest BCUT2D eigenvalue weighted by Gasteiger charge is 2.20. The van der Waals surface area contributed by atoms with E-state index in [1.165, 1.54) is 11.6 Å². The second kappa shape index (κ2) is 8.62. The Morgan fingerprint density at radius 1 is 1.23 bits per heavy atom. The van der Waals surface area contributed by atoms with Crippen molar-refractivity contribution in [2.24, 2.45) is 0 Å². The molecule has 2 N–H and O–H groups in total. The lowest BCUT2D eigenvalue weighted by Gasteiger charge is -2.20. The topological polar surface area (TPSA) is 54.3 Å². The van der Waals surface area contributed by atoms with Gasteiger partial charge in [0.25, 0.3) is 0 Å². The molecule has 1 heterocycles. The van der Waals surface area contributed by atoms with Gasteiger partial charge in [0.1, 0.15) is 5.83 Å². The predicted molar refractivity (Wildman–Crippen MR) is 121 cm³/mol. The van der Waals surface area contributed by atoms with Gasteiger partial charge in [0, 0.05) is 28.7 Å². The molecular weight excluding hydrogens is 403 g/mol. The molecule has 4 nitrogen and oxygen atoms in total. The third-order valence-electron chi connectivity index (χ3n) is 5.30. The molecule has 6 heteroatoms. The third-order valence-corrected chi connectivity index (χ3v) is 5.45. The molecule has 0 aliphatic heterocycles. The van der Waals surface area contributed by atoms with E-state index < -0.39 is 5.97 Å². The van der Waals surface area contributed by atoms with Crippen LogP contribution in [0.5, 0.6) is 0 Å². The van der Waals surface area contributed by atoms with Gasteiger partial charge >= 0.3 is 5.97 Å². The second-order valence-electron chi connectivity index (χ2n) is 8.40. The fraction of sp³-hybridized carbons (Fsp3) is 0.292. The van der Waals surface area contributed by atoms with Crippen LogP contribution >= 0.6 is 11.8 Å². The molecule has 30 heavy (non-hydrogen) atoms. The van der Waals surface area contributed by atoms with E-state index >= 15 is 0 Å². The van der Waals surface area contributed by atoms with Crippen LogP contribution in [0.4, 0.5) is 4.39 Å². The second-order valence-corrected chi connectivity index (χ2v) is 8.67. The van der Waals surface area contributed by atoms with Gasteiger partial charge < -0.3 is 9.67 Å². The standard InChI is InChI=1S/C24H26ClFN2O2/c1-15-22(16-6-5-7-18(12-16)24(2,3)4)20-13-17(23(29)30)8-9-21(20)28(15)14-19(26)10-11-27-25/h5-10,12-13,27H,11,14H2,1-4H3,(H,29,30)/b19-10-. The number of fused-ring (bicyclic) bond motifs is 1. The lowest BCUT2D eigenvalue weighted by atomic mass is 9.85. The summed E-state index contributed by atoms with van der Waals surface area (Å²) in [5.74, 6) is -1.31. The van der Waals surface area contributed by atoms with Crippen molar-refractivity contribution in [2.75, 3.05) is 6.54 Å². The highest BCUT2D eigenvalue weighted by Crippen LogP contribution is 2.37. The van der Waals surface area contributed by atoms with Crippen LogP contribution in [-0.4, -0.2) is 22.2 Å². The monoisotopic (exact) mass is 428 g/mol. The molecule has 0 bridgehead atoms. The van der Waals surface area contributed by atoms with Gasteiger partial charge in [0.05, 0.1) is 12.1 Å². The number of carbonyl (C=O) groups is 1. The highest BCUT2D eigenvalue weighted by molar-refractivity contribution is 6.13. The lowest BCUT2D eigenvalue weighted by molar-refractivity contribution is 0.0697. The van der Waals surface area contributed by atoms with E-state index in [1.807, 2.05) is 23.6 Å². The van der Waals surface area contributed by atoms with Crippen LogP contribution < -0.4 is 4.84 Å². The average molecular weight is 429 g/mol. The van der Waals surface area contributed by atoms with Gasteiger partial charge in [-0.15, -0.1) is 0 Å². The highest BCUT2D eigenvalue weighted by atomic mass is 35.5. The SMILES string of the molecule is Cc1c(-c2cccc(C(C)(C)C)c2)c2cc(C(=O)O)ccc2n1C/C(F)=C/CNCl. The number of hydrogen-bond donors (Lipinski definition) is 2. The first kappa shape index (κ1) is 22.1. The summed E-state index contributed by atoms with van der Waals surface area (Å²) in [4.78, 5) is 14.0. The zero-order valence-electron chi connectivity index (χ0n) is 17.6. The summed E-state index contributed by atoms with van der Waals surface area (Å²) in [6.07, 6.45) is 1.39. The Morgan fingerprint density at radius 3 is 2.60 bits per heavy atom. The Kier molecular flexibility index (Phi) is 6.34. The van der Waals surface area contributed by atoms with Gasteiger partial charge in [-0.05, 0) is 59.5 Å². The maximum atomic E-state index is 14.5. The van der Waals surface area contributed by atoms with Gasteiger partial charge in [-0.1, -0.05) is 45.0 Å². The number of nitrogens with one attached hydrogen (secondary N) is 1. The van der Waals surface area contributed by atoms with Gasteiger partial charge in [-0.3, -0.25) is 0 Å². The van der Waals surface area contributed by atoms with Crippen molar-refractivity contribution in [3.8, 4) is 11.1 Å². The van der Waals surface area contributed by atoms with Crippen molar-refractivity contribution in [3.05, 3.63) is 71.2 Å². The predicted octanol–water partition coefficient (Wildman–Crippen LogP) is 6.21. The van der Waals surface area contributed by atoms with E-state index in [0.29, 0.717) is 0 Å². The molecule has 1 aromatic heterocycles. The number of aromatic nitrogens is 1. The maximum absolute atomic E-state index is 14.5. The number of carboxylic acids is 1. The van der Waals surface area contributed by atoms with Crippen LogP contribution in [0.25, 0.3) is 22.0 Å². The summed E-state index contributed by atoms with van der Waals surface area (Å²) in [7, 11) is 0. The molecular formula is C24H26ClFN2O2.